The number of carbonyl (C=O) groups is 2. The van der Waals surface area contributed by atoms with Crippen molar-refractivity contribution in [3.63, 3.8) is 0 Å². The van der Waals surface area contributed by atoms with Gasteiger partial charge in [0.1, 0.15) is 5.01 Å². The molecule has 0 saturated carbocycles. The van der Waals surface area contributed by atoms with E-state index < -0.39 is 5.97 Å². The number of hydrogen-bond acceptors (Lipinski definition) is 6. The van der Waals surface area contributed by atoms with Crippen molar-refractivity contribution >= 4 is 23.2 Å². The van der Waals surface area contributed by atoms with E-state index in [2.05, 4.69) is 4.98 Å². The van der Waals surface area contributed by atoms with E-state index in [0.29, 0.717) is 24.7 Å². The van der Waals surface area contributed by atoms with Crippen LogP contribution in [0.2, 0.25) is 0 Å². The second-order valence-corrected chi connectivity index (χ2v) is 7.04. The lowest BCUT2D eigenvalue weighted by Gasteiger charge is -2.26. The zero-order chi connectivity index (χ0) is 19.6. The Balaban J connectivity index is 2.18. The van der Waals surface area contributed by atoms with Crippen LogP contribution in [-0.2, 0) is 20.8 Å². The lowest BCUT2D eigenvalue weighted by Crippen LogP contribution is -2.36. The maximum Gasteiger partial charge on any atom is 0.357 e. The number of rotatable bonds is 10. The molecule has 27 heavy (non-hydrogen) atoms. The average molecular weight is 391 g/mol. The summed E-state index contributed by atoms with van der Waals surface area (Å²) in [4.78, 5) is 31.0. The zero-order valence-electron chi connectivity index (χ0n) is 16.0. The Morgan fingerprint density at radius 3 is 2.59 bits per heavy atom. The number of aromatic nitrogens is 1. The normalized spacial score (nSPS) is 11.8. The van der Waals surface area contributed by atoms with Gasteiger partial charge in [0, 0.05) is 25.6 Å². The summed E-state index contributed by atoms with van der Waals surface area (Å²) in [5.41, 5.74) is 1.29. The predicted molar refractivity (Wildman–Crippen MR) is 105 cm³/mol. The van der Waals surface area contributed by atoms with Gasteiger partial charge in [-0.1, -0.05) is 37.3 Å². The van der Waals surface area contributed by atoms with Gasteiger partial charge in [-0.2, -0.15) is 0 Å². The van der Waals surface area contributed by atoms with E-state index in [1.54, 1.807) is 17.4 Å². The minimum atomic E-state index is -0.467. The number of esters is 1. The van der Waals surface area contributed by atoms with Crippen molar-refractivity contribution in [1.29, 1.82) is 0 Å². The van der Waals surface area contributed by atoms with Gasteiger partial charge in [-0.25, -0.2) is 9.78 Å². The molecule has 6 nitrogen and oxygen atoms in total. The average Bonchev–Trinajstić information content (AvgIpc) is 3.16. The molecule has 2 rings (SSSR count). The van der Waals surface area contributed by atoms with Gasteiger partial charge >= 0.3 is 5.97 Å². The van der Waals surface area contributed by atoms with Crippen LogP contribution in [0.1, 0.15) is 46.7 Å². The summed E-state index contributed by atoms with van der Waals surface area (Å²) in [6.07, 6.45) is 1.46. The van der Waals surface area contributed by atoms with Gasteiger partial charge < -0.3 is 14.4 Å². The number of hydrogen-bond donors (Lipinski definition) is 0. The Labute approximate surface area is 164 Å². The number of benzene rings is 1. The van der Waals surface area contributed by atoms with E-state index in [4.69, 9.17) is 9.47 Å². The van der Waals surface area contributed by atoms with E-state index >= 15 is 0 Å². The van der Waals surface area contributed by atoms with Gasteiger partial charge in [0.2, 0.25) is 5.91 Å². The van der Waals surface area contributed by atoms with Crippen LogP contribution in [0.25, 0.3) is 0 Å². The predicted octanol–water partition coefficient (Wildman–Crippen LogP) is 3.49. The van der Waals surface area contributed by atoms with Crippen molar-refractivity contribution in [2.45, 2.75) is 32.2 Å². The summed E-state index contributed by atoms with van der Waals surface area (Å²) < 4.78 is 9.83. The lowest BCUT2D eigenvalue weighted by molar-refractivity contribution is -0.133. The van der Waals surface area contributed by atoms with Crippen molar-refractivity contribution < 1.29 is 19.1 Å². The first-order valence-corrected chi connectivity index (χ1v) is 9.84. The van der Waals surface area contributed by atoms with E-state index in [1.165, 1.54) is 18.4 Å². The number of thiazole rings is 1. The summed E-state index contributed by atoms with van der Waals surface area (Å²) in [7, 11) is 2.97. The van der Waals surface area contributed by atoms with Crippen LogP contribution in [0.3, 0.4) is 0 Å². The summed E-state index contributed by atoms with van der Waals surface area (Å²) >= 11 is 1.36. The van der Waals surface area contributed by atoms with Gasteiger partial charge in [-0.05, 0) is 18.4 Å². The molecule has 0 radical (unpaired) electrons. The molecule has 1 heterocycles. The maximum absolute atomic E-state index is 13.2. The molecule has 7 heteroatoms. The third-order valence-electron chi connectivity index (χ3n) is 4.27. The zero-order valence-corrected chi connectivity index (χ0v) is 16.8. The highest BCUT2D eigenvalue weighted by atomic mass is 32.1. The van der Waals surface area contributed by atoms with Crippen LogP contribution in [-0.4, -0.2) is 49.1 Å². The molecule has 1 atom stereocenters. The van der Waals surface area contributed by atoms with E-state index in [9.17, 15) is 9.59 Å². The van der Waals surface area contributed by atoms with Crippen LogP contribution in [0.4, 0.5) is 0 Å². The van der Waals surface area contributed by atoms with Gasteiger partial charge in [-0.15, -0.1) is 11.3 Å². The molecular weight excluding hydrogens is 364 g/mol. The Morgan fingerprint density at radius 2 is 1.96 bits per heavy atom. The molecule has 1 aromatic carbocycles. The fourth-order valence-electron chi connectivity index (χ4n) is 2.87. The standard InChI is InChI=1S/C20H26N2O4S/c1-4-16(15-9-6-5-7-10-15)19(23)22(11-8-12-25-2)13-18-21-17(14-27-18)20(24)26-3/h5-7,9-10,14,16H,4,8,11-13H2,1-3H3. The molecule has 1 unspecified atom stereocenters. The molecule has 0 bridgehead atoms. The van der Waals surface area contributed by atoms with Crippen LogP contribution in [0, 0.1) is 0 Å². The van der Waals surface area contributed by atoms with E-state index in [1.807, 2.05) is 37.3 Å². The molecule has 0 N–H and O–H groups in total. The van der Waals surface area contributed by atoms with Crippen molar-refractivity contribution in [2.24, 2.45) is 0 Å². The van der Waals surface area contributed by atoms with Crippen LogP contribution < -0.4 is 0 Å². The van der Waals surface area contributed by atoms with Gasteiger partial charge in [0.25, 0.3) is 0 Å². The van der Waals surface area contributed by atoms with Crippen molar-refractivity contribution in [1.82, 2.24) is 9.88 Å². The number of nitrogens with zero attached hydrogens (tertiary/aromatic N) is 2. The first-order valence-electron chi connectivity index (χ1n) is 8.96. The fourth-order valence-corrected chi connectivity index (χ4v) is 3.65. The summed E-state index contributed by atoms with van der Waals surface area (Å²) in [5.74, 6) is -0.603. The lowest BCUT2D eigenvalue weighted by atomic mass is 9.95. The van der Waals surface area contributed by atoms with E-state index in [0.717, 1.165) is 18.4 Å². The second kappa shape index (κ2) is 10.8. The van der Waals surface area contributed by atoms with Gasteiger partial charge in [-0.3, -0.25) is 4.79 Å². The summed E-state index contributed by atoms with van der Waals surface area (Å²) in [6.45, 7) is 3.54. The highest BCUT2D eigenvalue weighted by Crippen LogP contribution is 2.24. The minimum Gasteiger partial charge on any atom is -0.464 e. The molecular formula is C20H26N2O4S. The molecule has 1 amide bonds. The van der Waals surface area contributed by atoms with Crippen LogP contribution >= 0.6 is 11.3 Å². The molecule has 0 saturated heterocycles. The molecule has 0 spiro atoms. The summed E-state index contributed by atoms with van der Waals surface area (Å²) in [6, 6.07) is 9.81. The number of ether oxygens (including phenoxy) is 2. The molecule has 0 fully saturated rings. The minimum absolute atomic E-state index is 0.0645. The number of carbonyl (C=O) groups excluding carboxylic acids is 2. The Kier molecular flexibility index (Phi) is 8.42. The first kappa shape index (κ1) is 21.1. The van der Waals surface area contributed by atoms with Crippen molar-refractivity contribution in [2.75, 3.05) is 27.4 Å². The molecule has 2 aromatic rings. The molecule has 1 aromatic heterocycles. The van der Waals surface area contributed by atoms with Gasteiger partial charge in [0.05, 0.1) is 19.6 Å². The molecule has 0 aliphatic heterocycles. The molecule has 0 aliphatic carbocycles. The summed E-state index contributed by atoms with van der Waals surface area (Å²) in [5, 5.41) is 2.37. The fraction of sp³-hybridized carbons (Fsp3) is 0.450. The topological polar surface area (TPSA) is 68.7 Å². The van der Waals surface area contributed by atoms with Crippen molar-refractivity contribution in [3.8, 4) is 0 Å². The third-order valence-corrected chi connectivity index (χ3v) is 5.10. The van der Waals surface area contributed by atoms with Crippen LogP contribution in [0.5, 0.6) is 0 Å². The van der Waals surface area contributed by atoms with Gasteiger partial charge in [0.15, 0.2) is 5.69 Å². The van der Waals surface area contributed by atoms with Crippen molar-refractivity contribution in [3.05, 3.63) is 52.0 Å². The molecule has 146 valence electrons. The monoisotopic (exact) mass is 390 g/mol. The smallest absolute Gasteiger partial charge is 0.357 e. The quantitative estimate of drug-likeness (QED) is 0.459. The highest BCUT2D eigenvalue weighted by molar-refractivity contribution is 7.09. The Bertz CT molecular complexity index is 733. The highest BCUT2D eigenvalue weighted by Gasteiger charge is 2.25. The Morgan fingerprint density at radius 1 is 1.22 bits per heavy atom. The SMILES string of the molecule is CCC(C(=O)N(CCCOC)Cc1nc(C(=O)OC)cs1)c1ccccc1. The van der Waals surface area contributed by atoms with E-state index in [-0.39, 0.29) is 17.5 Å². The number of amides is 1. The Hall–Kier alpha value is -2.25. The first-order chi connectivity index (χ1) is 13.1. The van der Waals surface area contributed by atoms with Crippen LogP contribution in [0.15, 0.2) is 35.7 Å². The maximum atomic E-state index is 13.2. The largest absolute Gasteiger partial charge is 0.464 e. The third kappa shape index (κ3) is 5.87. The number of methoxy groups -OCH3 is 2. The second-order valence-electron chi connectivity index (χ2n) is 6.10. The molecule has 0 aliphatic rings.